The number of hydrogen-bond donors (Lipinski definition) is 1. The molecule has 0 fully saturated rings. The highest BCUT2D eigenvalue weighted by atomic mass is 14.8. The maximum absolute atomic E-state index is 4.24. The Morgan fingerprint density at radius 3 is 2.94 bits per heavy atom. The summed E-state index contributed by atoms with van der Waals surface area (Å²) in [5.74, 6) is 0. The van der Waals surface area contributed by atoms with Crippen molar-refractivity contribution in [2.75, 3.05) is 0 Å². The van der Waals surface area contributed by atoms with Gasteiger partial charge < -0.3 is 4.98 Å². The van der Waals surface area contributed by atoms with Crippen LogP contribution in [0.15, 0.2) is 42.9 Å². The topological polar surface area (TPSA) is 41.6 Å². The van der Waals surface area contributed by atoms with E-state index in [1.165, 1.54) is 0 Å². The molecule has 3 aromatic rings. The predicted molar refractivity (Wildman–Crippen MR) is 62.0 cm³/mol. The SMILES string of the molecule is [c]1c(Cc2cnccn2)[nH]c2ccccc12. The fourth-order valence-electron chi connectivity index (χ4n) is 1.75. The van der Waals surface area contributed by atoms with Gasteiger partial charge in [-0.25, -0.2) is 0 Å². The number of fused-ring (bicyclic) bond motifs is 1. The summed E-state index contributed by atoms with van der Waals surface area (Å²) >= 11 is 0. The second-order valence-electron chi connectivity index (χ2n) is 3.65. The van der Waals surface area contributed by atoms with Crippen LogP contribution >= 0.6 is 0 Å². The number of hydrogen-bond acceptors (Lipinski definition) is 2. The standard InChI is InChI=1S/C13H10N3/c1-2-4-13-10(3-1)7-11(16-13)8-12-9-14-5-6-15-12/h1-6,9,16H,8H2. The molecule has 3 nitrogen and oxygen atoms in total. The predicted octanol–water partition coefficient (Wildman–Crippen LogP) is 2.35. The molecular formula is C13H10N3. The third kappa shape index (κ3) is 1.67. The molecule has 0 saturated carbocycles. The van der Waals surface area contributed by atoms with Crippen LogP contribution < -0.4 is 0 Å². The largest absolute Gasteiger partial charge is 0.358 e. The number of rotatable bonds is 2. The summed E-state index contributed by atoms with van der Waals surface area (Å²) in [6.45, 7) is 0. The van der Waals surface area contributed by atoms with Gasteiger partial charge in [0.1, 0.15) is 0 Å². The average Bonchev–Trinajstić information content (AvgIpc) is 2.72. The minimum Gasteiger partial charge on any atom is -0.358 e. The maximum atomic E-state index is 4.24. The van der Waals surface area contributed by atoms with Crippen molar-refractivity contribution in [2.45, 2.75) is 6.42 Å². The highest BCUT2D eigenvalue weighted by Gasteiger charge is 2.02. The number of aromatic amines is 1. The first kappa shape index (κ1) is 9.09. The molecule has 0 atom stereocenters. The summed E-state index contributed by atoms with van der Waals surface area (Å²) < 4.78 is 0. The lowest BCUT2D eigenvalue weighted by Gasteiger charge is -1.95. The minimum absolute atomic E-state index is 0.739. The van der Waals surface area contributed by atoms with Gasteiger partial charge in [0.25, 0.3) is 0 Å². The van der Waals surface area contributed by atoms with E-state index in [0.717, 1.165) is 28.7 Å². The molecule has 0 unspecified atom stereocenters. The van der Waals surface area contributed by atoms with E-state index >= 15 is 0 Å². The van der Waals surface area contributed by atoms with Gasteiger partial charge in [-0.1, -0.05) is 18.2 Å². The molecule has 0 saturated heterocycles. The van der Waals surface area contributed by atoms with Gasteiger partial charge in [0, 0.05) is 47.7 Å². The molecule has 77 valence electrons. The summed E-state index contributed by atoms with van der Waals surface area (Å²) in [6, 6.07) is 11.4. The van der Waals surface area contributed by atoms with E-state index in [0.29, 0.717) is 0 Å². The third-order valence-electron chi connectivity index (χ3n) is 2.47. The summed E-state index contributed by atoms with van der Waals surface area (Å²) in [6.07, 6.45) is 5.90. The van der Waals surface area contributed by atoms with E-state index in [1.54, 1.807) is 18.6 Å². The smallest absolute Gasteiger partial charge is 0.0645 e. The molecule has 1 radical (unpaired) electrons. The van der Waals surface area contributed by atoms with Crippen molar-refractivity contribution in [3.63, 3.8) is 0 Å². The van der Waals surface area contributed by atoms with Crippen LogP contribution in [0.3, 0.4) is 0 Å². The van der Waals surface area contributed by atoms with Crippen LogP contribution in [0.25, 0.3) is 10.9 Å². The number of nitrogens with zero attached hydrogens (tertiary/aromatic N) is 2. The van der Waals surface area contributed by atoms with Crippen LogP contribution in [0.5, 0.6) is 0 Å². The zero-order valence-electron chi connectivity index (χ0n) is 8.64. The molecule has 1 N–H and O–H groups in total. The Labute approximate surface area is 93.2 Å². The molecule has 2 heterocycles. The lowest BCUT2D eigenvalue weighted by Crippen LogP contribution is -1.92. The van der Waals surface area contributed by atoms with Gasteiger partial charge in [0.05, 0.1) is 5.69 Å². The Bertz CT molecular complexity index is 566. The Morgan fingerprint density at radius 2 is 2.12 bits per heavy atom. The van der Waals surface area contributed by atoms with Gasteiger partial charge in [0.15, 0.2) is 0 Å². The van der Waals surface area contributed by atoms with Gasteiger partial charge in [0.2, 0.25) is 0 Å². The Morgan fingerprint density at radius 1 is 1.19 bits per heavy atom. The lowest BCUT2D eigenvalue weighted by atomic mass is 10.2. The zero-order valence-corrected chi connectivity index (χ0v) is 8.64. The van der Waals surface area contributed by atoms with Gasteiger partial charge in [-0.15, -0.1) is 0 Å². The molecule has 0 aliphatic rings. The van der Waals surface area contributed by atoms with Crippen molar-refractivity contribution < 1.29 is 0 Å². The van der Waals surface area contributed by atoms with Crippen molar-refractivity contribution in [1.29, 1.82) is 0 Å². The lowest BCUT2D eigenvalue weighted by molar-refractivity contribution is 1.00. The number of aromatic nitrogens is 3. The average molecular weight is 208 g/mol. The number of nitrogens with one attached hydrogen (secondary N) is 1. The second-order valence-corrected chi connectivity index (χ2v) is 3.65. The minimum atomic E-state index is 0.739. The van der Waals surface area contributed by atoms with E-state index in [9.17, 15) is 0 Å². The fraction of sp³-hybridized carbons (Fsp3) is 0.0769. The van der Waals surface area contributed by atoms with Crippen LogP contribution in [0, 0.1) is 6.07 Å². The number of H-pyrrole nitrogens is 1. The van der Waals surface area contributed by atoms with Crippen LogP contribution in [0.4, 0.5) is 0 Å². The van der Waals surface area contributed by atoms with Crippen LogP contribution in [-0.2, 0) is 6.42 Å². The molecule has 2 aromatic heterocycles. The number of benzene rings is 1. The number of para-hydroxylation sites is 1. The summed E-state index contributed by atoms with van der Waals surface area (Å²) in [5, 5.41) is 1.11. The van der Waals surface area contributed by atoms with E-state index in [4.69, 9.17) is 0 Å². The zero-order chi connectivity index (χ0) is 10.8. The summed E-state index contributed by atoms with van der Waals surface area (Å²) in [7, 11) is 0. The monoisotopic (exact) mass is 208 g/mol. The molecule has 0 bridgehead atoms. The molecule has 3 heteroatoms. The third-order valence-corrected chi connectivity index (χ3v) is 2.47. The van der Waals surface area contributed by atoms with E-state index in [-0.39, 0.29) is 0 Å². The van der Waals surface area contributed by atoms with Crippen LogP contribution in [0.2, 0.25) is 0 Å². The van der Waals surface area contributed by atoms with Crippen molar-refractivity contribution >= 4 is 10.9 Å². The molecule has 0 aliphatic heterocycles. The Balaban J connectivity index is 1.95. The van der Waals surface area contributed by atoms with Crippen molar-refractivity contribution in [1.82, 2.24) is 15.0 Å². The van der Waals surface area contributed by atoms with Crippen LogP contribution in [0.1, 0.15) is 11.4 Å². The first-order valence-electron chi connectivity index (χ1n) is 5.15. The molecule has 1 aromatic carbocycles. The van der Waals surface area contributed by atoms with Gasteiger partial charge in [-0.3, -0.25) is 9.97 Å². The Kier molecular flexibility index (Phi) is 2.14. The first-order valence-corrected chi connectivity index (χ1v) is 5.15. The molecule has 16 heavy (non-hydrogen) atoms. The van der Waals surface area contributed by atoms with Gasteiger partial charge in [-0.2, -0.15) is 0 Å². The molecule has 3 rings (SSSR count). The van der Waals surface area contributed by atoms with Gasteiger partial charge in [-0.05, 0) is 6.07 Å². The molecule has 0 amide bonds. The van der Waals surface area contributed by atoms with Gasteiger partial charge >= 0.3 is 0 Å². The molecular weight excluding hydrogens is 198 g/mol. The maximum Gasteiger partial charge on any atom is 0.0645 e. The second kappa shape index (κ2) is 3.77. The quantitative estimate of drug-likeness (QED) is 0.702. The highest BCUT2D eigenvalue weighted by molar-refractivity contribution is 5.79. The molecule has 0 spiro atoms. The molecule has 0 aliphatic carbocycles. The van der Waals surface area contributed by atoms with Crippen LogP contribution in [-0.4, -0.2) is 15.0 Å². The highest BCUT2D eigenvalue weighted by Crippen LogP contribution is 2.15. The van der Waals surface area contributed by atoms with E-state index < -0.39 is 0 Å². The van der Waals surface area contributed by atoms with Crippen molar-refractivity contribution in [2.24, 2.45) is 0 Å². The van der Waals surface area contributed by atoms with E-state index in [1.807, 2.05) is 24.3 Å². The Hall–Kier alpha value is -2.16. The first-order chi connectivity index (χ1) is 7.92. The summed E-state index contributed by atoms with van der Waals surface area (Å²) in [4.78, 5) is 11.6. The summed E-state index contributed by atoms with van der Waals surface area (Å²) in [5.41, 5.74) is 3.10. The van der Waals surface area contributed by atoms with Crippen molar-refractivity contribution in [3.05, 3.63) is 60.3 Å². The van der Waals surface area contributed by atoms with E-state index in [2.05, 4.69) is 21.0 Å². The normalized spacial score (nSPS) is 10.8. The fourth-order valence-corrected chi connectivity index (χ4v) is 1.75. The van der Waals surface area contributed by atoms with Crippen molar-refractivity contribution in [3.8, 4) is 0 Å².